The van der Waals surface area contributed by atoms with Crippen molar-refractivity contribution in [3.05, 3.63) is 53.9 Å². The first kappa shape index (κ1) is 24.1. The van der Waals surface area contributed by atoms with E-state index in [1.54, 1.807) is 30.5 Å². The van der Waals surface area contributed by atoms with Crippen LogP contribution < -0.4 is 10.1 Å². The standard InChI is InChI=1S/C23H30N2O7/c1-13(2)17-9-6-15(11-24-17)25-19(27)10-5-14-3-7-16(8-4-14)31-23-22(30)21(29)20(28)18(12-26)32-23/h3-4,6-9,11,13,18,20-23,26,28-30H,5,10,12H2,1-2H3,(H,25,27)/t18?,20-,21?,22?,23+/m0/s1. The van der Waals surface area contributed by atoms with Crippen molar-refractivity contribution < 1.29 is 34.7 Å². The average molecular weight is 447 g/mol. The molecule has 32 heavy (non-hydrogen) atoms. The zero-order valence-electron chi connectivity index (χ0n) is 18.1. The molecule has 5 N–H and O–H groups in total. The van der Waals surface area contributed by atoms with E-state index in [0.29, 0.717) is 30.2 Å². The highest BCUT2D eigenvalue weighted by Gasteiger charge is 2.44. The van der Waals surface area contributed by atoms with E-state index in [9.17, 15) is 25.2 Å². The minimum atomic E-state index is -1.50. The highest BCUT2D eigenvalue weighted by molar-refractivity contribution is 5.90. The van der Waals surface area contributed by atoms with Crippen molar-refractivity contribution in [1.82, 2.24) is 4.98 Å². The van der Waals surface area contributed by atoms with E-state index in [1.807, 2.05) is 12.1 Å². The number of carbonyl (C=O) groups excluding carboxylic acids is 1. The lowest BCUT2D eigenvalue weighted by molar-refractivity contribution is -0.277. The van der Waals surface area contributed by atoms with Crippen LogP contribution in [0.1, 0.15) is 37.4 Å². The summed E-state index contributed by atoms with van der Waals surface area (Å²) in [4.78, 5) is 16.5. The van der Waals surface area contributed by atoms with Gasteiger partial charge in [-0.05, 0) is 42.2 Å². The van der Waals surface area contributed by atoms with Gasteiger partial charge in [0.15, 0.2) is 0 Å². The number of benzene rings is 1. The Balaban J connectivity index is 1.49. The maximum absolute atomic E-state index is 12.2. The van der Waals surface area contributed by atoms with E-state index in [1.165, 1.54) is 0 Å². The Hall–Kier alpha value is -2.56. The lowest BCUT2D eigenvalue weighted by atomic mass is 9.99. The van der Waals surface area contributed by atoms with Crippen LogP contribution in [-0.4, -0.2) is 68.6 Å². The van der Waals surface area contributed by atoms with Gasteiger partial charge in [-0.15, -0.1) is 0 Å². The fraction of sp³-hybridized carbons (Fsp3) is 0.478. The third-order valence-electron chi connectivity index (χ3n) is 5.33. The van der Waals surface area contributed by atoms with Crippen LogP contribution in [0.5, 0.6) is 5.75 Å². The van der Waals surface area contributed by atoms with Crippen molar-refractivity contribution in [2.75, 3.05) is 11.9 Å². The Bertz CT molecular complexity index is 871. The number of hydrogen-bond donors (Lipinski definition) is 5. The molecule has 2 heterocycles. The third kappa shape index (κ3) is 6.02. The van der Waals surface area contributed by atoms with Crippen molar-refractivity contribution in [3.63, 3.8) is 0 Å². The summed E-state index contributed by atoms with van der Waals surface area (Å²) in [5, 5.41) is 41.8. The molecule has 0 bridgehead atoms. The fourth-order valence-corrected chi connectivity index (χ4v) is 3.34. The van der Waals surface area contributed by atoms with Crippen LogP contribution in [0, 0.1) is 0 Å². The van der Waals surface area contributed by atoms with Crippen LogP contribution in [-0.2, 0) is 16.0 Å². The van der Waals surface area contributed by atoms with E-state index in [4.69, 9.17) is 9.47 Å². The molecule has 0 aliphatic carbocycles. The first-order valence-electron chi connectivity index (χ1n) is 10.6. The van der Waals surface area contributed by atoms with E-state index >= 15 is 0 Å². The number of nitrogens with zero attached hydrogens (tertiary/aromatic N) is 1. The highest BCUT2D eigenvalue weighted by atomic mass is 16.7. The molecular formula is C23H30N2O7. The lowest BCUT2D eigenvalue weighted by Crippen LogP contribution is -2.60. The van der Waals surface area contributed by atoms with E-state index in [0.717, 1.165) is 11.3 Å². The van der Waals surface area contributed by atoms with Crippen LogP contribution in [0.2, 0.25) is 0 Å². The van der Waals surface area contributed by atoms with Crippen molar-refractivity contribution in [2.45, 2.75) is 63.3 Å². The molecule has 0 spiro atoms. The SMILES string of the molecule is CC(C)c1ccc(NC(=O)CCc2ccc(O[C@@H]3OC(CO)[C@H](O)C(O)C3O)cc2)cn1. The van der Waals surface area contributed by atoms with Crippen LogP contribution in [0.15, 0.2) is 42.6 Å². The number of hydrogen-bond acceptors (Lipinski definition) is 8. The van der Waals surface area contributed by atoms with Crippen molar-refractivity contribution in [3.8, 4) is 5.75 Å². The zero-order valence-corrected chi connectivity index (χ0v) is 18.1. The largest absolute Gasteiger partial charge is 0.462 e. The maximum Gasteiger partial charge on any atom is 0.229 e. The molecule has 1 fully saturated rings. The number of amides is 1. The van der Waals surface area contributed by atoms with Gasteiger partial charge in [0.05, 0.1) is 18.5 Å². The molecule has 1 aromatic heterocycles. The number of carbonyl (C=O) groups is 1. The number of aliphatic hydroxyl groups is 4. The molecule has 1 amide bonds. The van der Waals surface area contributed by atoms with E-state index in [-0.39, 0.29) is 5.91 Å². The Morgan fingerprint density at radius 1 is 1.09 bits per heavy atom. The lowest BCUT2D eigenvalue weighted by Gasteiger charge is -2.39. The summed E-state index contributed by atoms with van der Waals surface area (Å²) in [6.07, 6.45) is -4.22. The van der Waals surface area contributed by atoms with Gasteiger partial charge in [-0.1, -0.05) is 26.0 Å². The van der Waals surface area contributed by atoms with Crippen molar-refractivity contribution >= 4 is 11.6 Å². The van der Waals surface area contributed by atoms with Crippen LogP contribution in [0.3, 0.4) is 0 Å². The van der Waals surface area contributed by atoms with E-state index in [2.05, 4.69) is 24.1 Å². The maximum atomic E-state index is 12.2. The number of nitrogens with one attached hydrogen (secondary N) is 1. The van der Waals surface area contributed by atoms with Gasteiger partial charge >= 0.3 is 0 Å². The Morgan fingerprint density at radius 2 is 1.81 bits per heavy atom. The monoisotopic (exact) mass is 446 g/mol. The summed E-state index contributed by atoms with van der Waals surface area (Å²) >= 11 is 0. The molecule has 2 aromatic rings. The van der Waals surface area contributed by atoms with Gasteiger partial charge in [0.1, 0.15) is 30.2 Å². The molecule has 9 heteroatoms. The molecule has 1 saturated heterocycles. The fourth-order valence-electron chi connectivity index (χ4n) is 3.34. The second-order valence-electron chi connectivity index (χ2n) is 8.13. The number of pyridine rings is 1. The van der Waals surface area contributed by atoms with Gasteiger partial charge in [0, 0.05) is 12.1 Å². The van der Waals surface area contributed by atoms with Gasteiger partial charge in [-0.25, -0.2) is 0 Å². The average Bonchev–Trinajstić information content (AvgIpc) is 2.79. The number of aryl methyl sites for hydroxylation is 1. The summed E-state index contributed by atoms with van der Waals surface area (Å²) in [5.74, 6) is 0.581. The second kappa shape index (κ2) is 10.8. The number of ether oxygens (including phenoxy) is 2. The number of aliphatic hydroxyl groups excluding tert-OH is 4. The van der Waals surface area contributed by atoms with E-state index < -0.39 is 37.3 Å². The summed E-state index contributed by atoms with van der Waals surface area (Å²) in [7, 11) is 0. The highest BCUT2D eigenvalue weighted by Crippen LogP contribution is 2.24. The smallest absolute Gasteiger partial charge is 0.229 e. The predicted octanol–water partition coefficient (Wildman–Crippen LogP) is 0.955. The number of anilines is 1. The summed E-state index contributed by atoms with van der Waals surface area (Å²) in [5.41, 5.74) is 2.53. The topological polar surface area (TPSA) is 141 Å². The molecule has 174 valence electrons. The summed E-state index contributed by atoms with van der Waals surface area (Å²) in [6.45, 7) is 3.59. The molecule has 0 radical (unpaired) electrons. The minimum absolute atomic E-state index is 0.120. The Kier molecular flexibility index (Phi) is 8.16. The number of aromatic nitrogens is 1. The third-order valence-corrected chi connectivity index (χ3v) is 5.33. The molecule has 3 unspecified atom stereocenters. The molecule has 3 rings (SSSR count). The van der Waals surface area contributed by atoms with Crippen LogP contribution in [0.4, 0.5) is 5.69 Å². The first-order chi connectivity index (χ1) is 15.3. The van der Waals surface area contributed by atoms with Crippen molar-refractivity contribution in [1.29, 1.82) is 0 Å². The van der Waals surface area contributed by atoms with Crippen molar-refractivity contribution in [2.24, 2.45) is 0 Å². The van der Waals surface area contributed by atoms with Gasteiger partial charge in [0.2, 0.25) is 12.2 Å². The molecule has 1 aliphatic rings. The Morgan fingerprint density at radius 3 is 2.41 bits per heavy atom. The first-order valence-corrected chi connectivity index (χ1v) is 10.6. The molecular weight excluding hydrogens is 416 g/mol. The summed E-state index contributed by atoms with van der Waals surface area (Å²) < 4.78 is 10.9. The van der Waals surface area contributed by atoms with Gasteiger partial charge in [-0.2, -0.15) is 0 Å². The van der Waals surface area contributed by atoms with Gasteiger partial charge in [0.25, 0.3) is 0 Å². The van der Waals surface area contributed by atoms with Gasteiger partial charge in [-0.3, -0.25) is 9.78 Å². The van der Waals surface area contributed by atoms with Crippen LogP contribution in [0.25, 0.3) is 0 Å². The second-order valence-corrected chi connectivity index (χ2v) is 8.13. The molecule has 1 aliphatic heterocycles. The molecule has 0 saturated carbocycles. The molecule has 5 atom stereocenters. The quantitative estimate of drug-likeness (QED) is 0.404. The molecule has 9 nitrogen and oxygen atoms in total. The zero-order chi connectivity index (χ0) is 23.3. The van der Waals surface area contributed by atoms with Gasteiger partial charge < -0.3 is 35.2 Å². The molecule has 1 aromatic carbocycles. The summed E-state index contributed by atoms with van der Waals surface area (Å²) in [6, 6.07) is 10.6. The van der Waals surface area contributed by atoms with Crippen LogP contribution >= 0.6 is 0 Å². The predicted molar refractivity (Wildman–Crippen MR) is 116 cm³/mol. The normalized spacial score (nSPS) is 25.5. The number of rotatable bonds is 8. The minimum Gasteiger partial charge on any atom is -0.462 e. The Labute approximate surface area is 186 Å².